The number of amides is 2. The normalized spacial score (nSPS) is 21.9. The van der Waals surface area contributed by atoms with E-state index in [-0.39, 0.29) is 44.2 Å². The molecule has 1 saturated heterocycles. The van der Waals surface area contributed by atoms with Crippen LogP contribution in [0, 0.1) is 0 Å². The minimum Gasteiger partial charge on any atom is -0.480 e. The van der Waals surface area contributed by atoms with Gasteiger partial charge in [0.2, 0.25) is 11.8 Å². The van der Waals surface area contributed by atoms with Crippen LogP contribution < -0.4 is 16.4 Å². The van der Waals surface area contributed by atoms with E-state index in [1.54, 1.807) is 14.0 Å². The number of rotatable bonds is 18. The molecular formula is C20H36N4O9S. The summed E-state index contributed by atoms with van der Waals surface area (Å²) in [5, 5.41) is 33.0. The smallest absolute Gasteiger partial charge is 0.322 e. The molecule has 0 aromatic carbocycles. The summed E-state index contributed by atoms with van der Waals surface area (Å²) in [6.07, 6.45) is 0.741. The van der Waals surface area contributed by atoms with E-state index in [9.17, 15) is 24.3 Å². The van der Waals surface area contributed by atoms with Gasteiger partial charge in [0.25, 0.3) is 0 Å². The Morgan fingerprint density at radius 3 is 2.62 bits per heavy atom. The van der Waals surface area contributed by atoms with Crippen LogP contribution in [0.5, 0.6) is 0 Å². The first-order valence-corrected chi connectivity index (χ1v) is 12.0. The lowest BCUT2D eigenvalue weighted by Gasteiger charge is -2.29. The number of carbonyl (C=O) groups excluding carboxylic acids is 2. The largest absolute Gasteiger partial charge is 0.480 e. The molecule has 0 bridgehead atoms. The molecule has 1 heterocycles. The second-order valence-electron chi connectivity index (χ2n) is 8.04. The van der Waals surface area contributed by atoms with Gasteiger partial charge in [-0.2, -0.15) is 0 Å². The number of carboxylic acid groups (broad SMARTS) is 2. The predicted molar refractivity (Wildman–Crippen MR) is 123 cm³/mol. The SMILES string of the molecule is COCCOCCN1C(=O)C(SC[C@H](NCCC[C@H](N)C(=O)O)C(=O)NCC(=O)O)CC1(C)O. The molecule has 1 aliphatic heterocycles. The molecule has 0 spiro atoms. The van der Waals surface area contributed by atoms with E-state index in [2.05, 4.69) is 10.6 Å². The number of thioether (sulfide) groups is 1. The number of nitrogens with one attached hydrogen (secondary N) is 2. The molecule has 14 heteroatoms. The zero-order chi connectivity index (χ0) is 25.7. The number of carbonyl (C=O) groups is 4. The molecule has 196 valence electrons. The van der Waals surface area contributed by atoms with Crippen molar-refractivity contribution in [1.82, 2.24) is 15.5 Å². The first-order chi connectivity index (χ1) is 16.0. The molecule has 0 saturated carbocycles. The molecule has 13 nitrogen and oxygen atoms in total. The third kappa shape index (κ3) is 10.5. The Bertz CT molecular complexity index is 695. The fourth-order valence-electron chi connectivity index (χ4n) is 3.29. The Morgan fingerprint density at radius 1 is 1.29 bits per heavy atom. The van der Waals surface area contributed by atoms with Crippen molar-refractivity contribution in [2.24, 2.45) is 5.73 Å². The van der Waals surface area contributed by atoms with Gasteiger partial charge < -0.3 is 46.1 Å². The Kier molecular flexibility index (Phi) is 13.4. The molecule has 7 N–H and O–H groups in total. The Morgan fingerprint density at radius 2 is 2.00 bits per heavy atom. The maximum Gasteiger partial charge on any atom is 0.322 e. The third-order valence-corrected chi connectivity index (χ3v) is 6.48. The first kappa shape index (κ1) is 30.1. The predicted octanol–water partition coefficient (Wildman–Crippen LogP) is -1.96. The molecule has 4 atom stereocenters. The summed E-state index contributed by atoms with van der Waals surface area (Å²) in [6, 6.07) is -1.84. The highest BCUT2D eigenvalue weighted by Gasteiger charge is 2.46. The van der Waals surface area contributed by atoms with E-state index in [1.807, 2.05) is 0 Å². The van der Waals surface area contributed by atoms with E-state index in [1.165, 1.54) is 16.7 Å². The van der Waals surface area contributed by atoms with Crippen LogP contribution in [-0.4, -0.2) is 119 Å². The average molecular weight is 509 g/mol. The van der Waals surface area contributed by atoms with Crippen molar-refractivity contribution in [3.8, 4) is 0 Å². The van der Waals surface area contributed by atoms with E-state index >= 15 is 0 Å². The van der Waals surface area contributed by atoms with E-state index in [4.69, 9.17) is 25.4 Å². The van der Waals surface area contributed by atoms with Gasteiger partial charge in [-0.3, -0.25) is 19.2 Å². The van der Waals surface area contributed by atoms with Crippen molar-refractivity contribution >= 4 is 35.5 Å². The van der Waals surface area contributed by atoms with Gasteiger partial charge in [-0.15, -0.1) is 11.8 Å². The number of ether oxygens (including phenoxy) is 2. The maximum absolute atomic E-state index is 12.8. The Balaban J connectivity index is 2.64. The van der Waals surface area contributed by atoms with Gasteiger partial charge in [0, 0.05) is 25.8 Å². The molecule has 2 unspecified atom stereocenters. The van der Waals surface area contributed by atoms with E-state index < -0.39 is 47.4 Å². The van der Waals surface area contributed by atoms with Gasteiger partial charge in [0.05, 0.1) is 31.1 Å². The van der Waals surface area contributed by atoms with Crippen molar-refractivity contribution in [3.63, 3.8) is 0 Å². The Hall–Kier alpha value is -1.97. The molecule has 0 aromatic heterocycles. The number of methoxy groups -OCH3 is 1. The lowest BCUT2D eigenvalue weighted by atomic mass is 10.1. The zero-order valence-electron chi connectivity index (χ0n) is 19.5. The Labute approximate surface area is 202 Å². The standard InChI is InChI=1S/C20H36N4O9S/c1-20(31)10-15(18(28)24(20)6-7-33-9-8-32-2)34-12-14(17(27)23-11-16(25)26)22-5-3-4-13(21)19(29)30/h13-15,22,31H,3-12,21H2,1-2H3,(H,23,27)(H,25,26)(H,29,30)/t13-,14-,15?,20?/m0/s1. The number of nitrogens with two attached hydrogens (primary N) is 1. The summed E-state index contributed by atoms with van der Waals surface area (Å²) in [4.78, 5) is 48.2. The van der Waals surface area contributed by atoms with Crippen molar-refractivity contribution in [1.29, 1.82) is 0 Å². The summed E-state index contributed by atoms with van der Waals surface area (Å²) in [6.45, 7) is 2.49. The van der Waals surface area contributed by atoms with E-state index in [0.29, 0.717) is 19.6 Å². The third-order valence-electron chi connectivity index (χ3n) is 5.18. The minimum absolute atomic E-state index is 0.140. The van der Waals surface area contributed by atoms with Gasteiger partial charge in [-0.25, -0.2) is 0 Å². The fraction of sp³-hybridized carbons (Fsp3) is 0.800. The average Bonchev–Trinajstić information content (AvgIpc) is 2.98. The van der Waals surface area contributed by atoms with Crippen molar-refractivity contribution in [3.05, 3.63) is 0 Å². The quantitative estimate of drug-likeness (QED) is 0.112. The highest BCUT2D eigenvalue weighted by Crippen LogP contribution is 2.34. The van der Waals surface area contributed by atoms with Gasteiger partial charge in [0.1, 0.15) is 18.3 Å². The van der Waals surface area contributed by atoms with Gasteiger partial charge >= 0.3 is 11.9 Å². The second kappa shape index (κ2) is 15.1. The summed E-state index contributed by atoms with van der Waals surface area (Å²) < 4.78 is 10.3. The second-order valence-corrected chi connectivity index (χ2v) is 9.28. The number of hydrogen-bond donors (Lipinski definition) is 6. The molecule has 0 radical (unpaired) electrons. The highest BCUT2D eigenvalue weighted by atomic mass is 32.2. The lowest BCUT2D eigenvalue weighted by molar-refractivity contribution is -0.144. The summed E-state index contributed by atoms with van der Waals surface area (Å²) in [5.41, 5.74) is 4.11. The topological polar surface area (TPSA) is 201 Å². The van der Waals surface area contributed by atoms with Crippen molar-refractivity contribution < 1.29 is 44.0 Å². The van der Waals surface area contributed by atoms with Crippen LogP contribution in [-0.2, 0) is 28.7 Å². The molecule has 34 heavy (non-hydrogen) atoms. The number of aliphatic hydroxyl groups is 1. The van der Waals surface area contributed by atoms with E-state index in [0.717, 1.165) is 0 Å². The van der Waals surface area contributed by atoms with Crippen LogP contribution in [0.4, 0.5) is 0 Å². The maximum atomic E-state index is 12.8. The molecule has 0 aliphatic carbocycles. The van der Waals surface area contributed by atoms with Crippen LogP contribution in [0.15, 0.2) is 0 Å². The molecule has 0 aromatic rings. The number of likely N-dealkylation sites (tertiary alicyclic amines) is 1. The summed E-state index contributed by atoms with van der Waals surface area (Å²) in [5.74, 6) is -3.01. The monoisotopic (exact) mass is 508 g/mol. The number of aliphatic carboxylic acids is 2. The molecule has 1 aliphatic rings. The van der Waals surface area contributed by atoms with Crippen LogP contribution in [0.2, 0.25) is 0 Å². The number of carboxylic acids is 2. The van der Waals surface area contributed by atoms with Gasteiger partial charge in [-0.1, -0.05) is 0 Å². The lowest BCUT2D eigenvalue weighted by Crippen LogP contribution is -2.48. The fourth-order valence-corrected chi connectivity index (χ4v) is 4.69. The highest BCUT2D eigenvalue weighted by molar-refractivity contribution is 8.00. The van der Waals surface area contributed by atoms with Gasteiger partial charge in [-0.05, 0) is 26.3 Å². The molecule has 1 fully saturated rings. The van der Waals surface area contributed by atoms with Gasteiger partial charge in [0.15, 0.2) is 0 Å². The summed E-state index contributed by atoms with van der Waals surface area (Å²) in [7, 11) is 1.55. The molecule has 1 rings (SSSR count). The minimum atomic E-state index is -1.36. The van der Waals surface area contributed by atoms with Crippen LogP contribution in [0.3, 0.4) is 0 Å². The van der Waals surface area contributed by atoms with Crippen LogP contribution in [0.1, 0.15) is 26.2 Å². The zero-order valence-corrected chi connectivity index (χ0v) is 20.3. The first-order valence-electron chi connectivity index (χ1n) is 10.9. The van der Waals surface area contributed by atoms with Crippen LogP contribution >= 0.6 is 11.8 Å². The number of nitrogens with zero attached hydrogens (tertiary/aromatic N) is 1. The molecule has 2 amide bonds. The number of hydrogen-bond acceptors (Lipinski definition) is 10. The summed E-state index contributed by atoms with van der Waals surface area (Å²) >= 11 is 1.18. The van der Waals surface area contributed by atoms with Crippen molar-refractivity contribution in [2.75, 3.05) is 52.3 Å². The van der Waals surface area contributed by atoms with Crippen LogP contribution in [0.25, 0.3) is 0 Å². The molecular weight excluding hydrogens is 472 g/mol. The van der Waals surface area contributed by atoms with Crippen molar-refractivity contribution in [2.45, 2.75) is 49.2 Å².